The van der Waals surface area contributed by atoms with Crippen molar-refractivity contribution in [1.82, 2.24) is 4.90 Å². The van der Waals surface area contributed by atoms with E-state index in [2.05, 4.69) is 5.32 Å². The zero-order valence-corrected chi connectivity index (χ0v) is 15.4. The highest BCUT2D eigenvalue weighted by molar-refractivity contribution is 5.94. The summed E-state index contributed by atoms with van der Waals surface area (Å²) in [5, 5.41) is 13.7. The van der Waals surface area contributed by atoms with Crippen LogP contribution >= 0.6 is 0 Å². The monoisotopic (exact) mass is 381 g/mol. The Bertz CT molecular complexity index is 970. The van der Waals surface area contributed by atoms with E-state index in [1.807, 2.05) is 30.3 Å². The molecule has 3 rings (SSSR count). The van der Waals surface area contributed by atoms with Crippen LogP contribution in [0.2, 0.25) is 0 Å². The number of hydrogen-bond acceptors (Lipinski definition) is 5. The number of fused-ring (bicyclic) bond motifs is 1. The number of carbonyl (C=O) groups is 2. The first-order chi connectivity index (χ1) is 13.4. The summed E-state index contributed by atoms with van der Waals surface area (Å²) in [6, 6.07) is 11.0. The third kappa shape index (κ3) is 3.85. The first kappa shape index (κ1) is 19.1. The molecular formula is C20H19N3O5. The van der Waals surface area contributed by atoms with Gasteiger partial charge in [-0.1, -0.05) is 24.3 Å². The van der Waals surface area contributed by atoms with Crippen LogP contribution < -0.4 is 10.1 Å². The Hall–Kier alpha value is -3.68. The Labute approximate surface area is 161 Å². The lowest BCUT2D eigenvalue weighted by molar-refractivity contribution is -0.384. The molecule has 0 aromatic heterocycles. The molecule has 1 heterocycles. The summed E-state index contributed by atoms with van der Waals surface area (Å²) < 4.78 is 5.17. The molecule has 8 heteroatoms. The highest BCUT2D eigenvalue weighted by Gasteiger charge is 2.28. The molecule has 2 aromatic carbocycles. The minimum absolute atomic E-state index is 0.00716. The average molecular weight is 381 g/mol. The Morgan fingerprint density at radius 2 is 2.00 bits per heavy atom. The lowest BCUT2D eigenvalue weighted by Crippen LogP contribution is -2.33. The van der Waals surface area contributed by atoms with Crippen LogP contribution in [0.4, 0.5) is 11.4 Å². The van der Waals surface area contributed by atoms with Gasteiger partial charge in [0.1, 0.15) is 5.75 Å². The number of hydrogen-bond donors (Lipinski definition) is 1. The van der Waals surface area contributed by atoms with Gasteiger partial charge in [-0.25, -0.2) is 0 Å². The zero-order chi connectivity index (χ0) is 20.3. The van der Waals surface area contributed by atoms with Crippen molar-refractivity contribution in [2.75, 3.05) is 12.4 Å². The SMILES string of the molecule is COc1ccc([N+](=O)[O-])cc1NC(=O)CC1c2ccccc2C=CN1C(C)=O. The smallest absolute Gasteiger partial charge is 0.271 e. The molecule has 1 unspecified atom stereocenters. The Balaban J connectivity index is 1.86. The Morgan fingerprint density at radius 1 is 1.25 bits per heavy atom. The van der Waals surface area contributed by atoms with Gasteiger partial charge in [-0.2, -0.15) is 0 Å². The minimum Gasteiger partial charge on any atom is -0.495 e. The Kier molecular flexibility index (Phi) is 5.39. The summed E-state index contributed by atoms with van der Waals surface area (Å²) in [7, 11) is 1.41. The van der Waals surface area contributed by atoms with Gasteiger partial charge in [0.25, 0.3) is 5.69 Å². The number of nitro benzene ring substituents is 1. The normalized spacial score (nSPS) is 14.9. The summed E-state index contributed by atoms with van der Waals surface area (Å²) in [6.07, 6.45) is 3.48. The van der Waals surface area contributed by atoms with Gasteiger partial charge in [-0.05, 0) is 23.3 Å². The molecule has 0 bridgehead atoms. The maximum Gasteiger partial charge on any atom is 0.271 e. The zero-order valence-electron chi connectivity index (χ0n) is 15.4. The van der Waals surface area contributed by atoms with Crippen molar-refractivity contribution in [2.24, 2.45) is 0 Å². The third-order valence-electron chi connectivity index (χ3n) is 4.52. The number of amides is 2. The van der Waals surface area contributed by atoms with E-state index in [1.54, 1.807) is 6.20 Å². The van der Waals surface area contributed by atoms with E-state index < -0.39 is 11.0 Å². The highest BCUT2D eigenvalue weighted by Crippen LogP contribution is 2.34. The fourth-order valence-corrected chi connectivity index (χ4v) is 3.20. The summed E-state index contributed by atoms with van der Waals surface area (Å²) in [5.74, 6) is -0.261. The maximum absolute atomic E-state index is 12.7. The number of nitrogens with one attached hydrogen (secondary N) is 1. The van der Waals surface area contributed by atoms with E-state index in [0.717, 1.165) is 11.1 Å². The Morgan fingerprint density at radius 3 is 2.68 bits per heavy atom. The lowest BCUT2D eigenvalue weighted by atomic mass is 9.93. The van der Waals surface area contributed by atoms with Gasteiger partial charge < -0.3 is 15.0 Å². The molecule has 2 aromatic rings. The summed E-state index contributed by atoms with van der Waals surface area (Å²) in [6.45, 7) is 1.44. The van der Waals surface area contributed by atoms with Crippen molar-refractivity contribution in [3.63, 3.8) is 0 Å². The van der Waals surface area contributed by atoms with Crippen molar-refractivity contribution >= 4 is 29.3 Å². The van der Waals surface area contributed by atoms with E-state index in [4.69, 9.17) is 4.74 Å². The standard InChI is InChI=1S/C20H19N3O5/c1-13(24)22-10-9-14-5-3-4-6-16(14)18(22)12-20(25)21-17-11-15(23(26)27)7-8-19(17)28-2/h3-11,18H,12H2,1-2H3,(H,21,25). The molecule has 0 aliphatic carbocycles. The minimum atomic E-state index is -0.547. The molecule has 144 valence electrons. The number of rotatable bonds is 5. The van der Waals surface area contributed by atoms with Crippen LogP contribution in [0.3, 0.4) is 0 Å². The summed E-state index contributed by atoms with van der Waals surface area (Å²) in [4.78, 5) is 36.7. The van der Waals surface area contributed by atoms with Crippen LogP contribution in [0.25, 0.3) is 6.08 Å². The number of nitro groups is 1. The van der Waals surface area contributed by atoms with Crippen molar-refractivity contribution < 1.29 is 19.2 Å². The predicted octanol–water partition coefficient (Wildman–Crippen LogP) is 3.51. The van der Waals surface area contributed by atoms with E-state index in [9.17, 15) is 19.7 Å². The van der Waals surface area contributed by atoms with Crippen molar-refractivity contribution in [3.8, 4) is 5.75 Å². The molecule has 1 N–H and O–H groups in total. The van der Waals surface area contributed by atoms with Crippen LogP contribution in [-0.4, -0.2) is 28.7 Å². The molecule has 0 radical (unpaired) electrons. The number of nitrogens with zero attached hydrogens (tertiary/aromatic N) is 2. The van der Waals surface area contributed by atoms with Gasteiger partial charge in [0.2, 0.25) is 11.8 Å². The fourth-order valence-electron chi connectivity index (χ4n) is 3.20. The second-order valence-corrected chi connectivity index (χ2v) is 6.28. The van der Waals surface area contributed by atoms with Gasteiger partial charge in [-0.3, -0.25) is 19.7 Å². The second-order valence-electron chi connectivity index (χ2n) is 6.28. The highest BCUT2D eigenvalue weighted by atomic mass is 16.6. The second kappa shape index (κ2) is 7.91. The number of benzene rings is 2. The van der Waals surface area contributed by atoms with Crippen LogP contribution in [0.5, 0.6) is 5.75 Å². The molecule has 8 nitrogen and oxygen atoms in total. The maximum atomic E-state index is 12.7. The lowest BCUT2D eigenvalue weighted by Gasteiger charge is -2.32. The first-order valence-electron chi connectivity index (χ1n) is 8.59. The van der Waals surface area contributed by atoms with E-state index in [0.29, 0.717) is 5.75 Å². The van der Waals surface area contributed by atoms with Gasteiger partial charge >= 0.3 is 0 Å². The van der Waals surface area contributed by atoms with E-state index in [1.165, 1.54) is 37.1 Å². The van der Waals surface area contributed by atoms with Crippen molar-refractivity contribution in [3.05, 3.63) is 69.9 Å². The van der Waals surface area contributed by atoms with Crippen LogP contribution in [0, 0.1) is 10.1 Å². The number of methoxy groups -OCH3 is 1. The molecular weight excluding hydrogens is 362 g/mol. The van der Waals surface area contributed by atoms with E-state index >= 15 is 0 Å². The topological polar surface area (TPSA) is 102 Å². The molecule has 1 atom stereocenters. The third-order valence-corrected chi connectivity index (χ3v) is 4.52. The average Bonchev–Trinajstić information content (AvgIpc) is 2.67. The molecule has 0 saturated carbocycles. The van der Waals surface area contributed by atoms with Gasteiger partial charge in [-0.15, -0.1) is 0 Å². The van der Waals surface area contributed by atoms with Crippen molar-refractivity contribution in [2.45, 2.75) is 19.4 Å². The molecule has 0 spiro atoms. The first-order valence-corrected chi connectivity index (χ1v) is 8.59. The largest absolute Gasteiger partial charge is 0.495 e. The number of ether oxygens (including phenoxy) is 1. The molecule has 0 saturated heterocycles. The van der Waals surface area contributed by atoms with E-state index in [-0.39, 0.29) is 29.6 Å². The van der Waals surface area contributed by atoms with Gasteiger partial charge in [0.05, 0.1) is 30.2 Å². The molecule has 2 amide bonds. The van der Waals surface area contributed by atoms with Crippen LogP contribution in [0.1, 0.15) is 30.5 Å². The molecule has 1 aliphatic rings. The van der Waals surface area contributed by atoms with Gasteiger partial charge in [0.15, 0.2) is 0 Å². The van der Waals surface area contributed by atoms with Crippen LogP contribution in [-0.2, 0) is 9.59 Å². The molecule has 1 aliphatic heterocycles. The van der Waals surface area contributed by atoms with Gasteiger partial charge in [0, 0.05) is 25.3 Å². The molecule has 28 heavy (non-hydrogen) atoms. The number of anilines is 1. The number of non-ortho nitro benzene ring substituents is 1. The molecule has 0 fully saturated rings. The summed E-state index contributed by atoms with van der Waals surface area (Å²) >= 11 is 0. The quantitative estimate of drug-likeness (QED) is 0.631. The van der Waals surface area contributed by atoms with Crippen LogP contribution in [0.15, 0.2) is 48.7 Å². The fraction of sp³-hybridized carbons (Fsp3) is 0.200. The summed E-state index contributed by atoms with van der Waals surface area (Å²) in [5.41, 5.74) is 1.84. The predicted molar refractivity (Wildman–Crippen MR) is 104 cm³/mol. The number of carbonyl (C=O) groups excluding carboxylic acids is 2. The van der Waals surface area contributed by atoms with Crippen molar-refractivity contribution in [1.29, 1.82) is 0 Å².